The van der Waals surface area contributed by atoms with E-state index in [1.54, 1.807) is 24.9 Å². The second-order valence-corrected chi connectivity index (χ2v) is 7.18. The smallest absolute Gasteiger partial charge is 0.250 e. The number of hydrogen-bond donors (Lipinski definition) is 1. The van der Waals surface area contributed by atoms with Crippen molar-refractivity contribution in [3.63, 3.8) is 0 Å². The third-order valence-electron chi connectivity index (χ3n) is 4.44. The highest BCUT2D eigenvalue weighted by atomic mass is 32.2. The average molecular weight is 358 g/mol. The molecule has 1 aliphatic rings. The summed E-state index contributed by atoms with van der Waals surface area (Å²) < 4.78 is 11.5. The molecule has 2 heterocycles. The van der Waals surface area contributed by atoms with Gasteiger partial charge in [0.1, 0.15) is 17.1 Å². The molecule has 0 spiro atoms. The Hall–Kier alpha value is -2.21. The predicted octanol–water partition coefficient (Wildman–Crippen LogP) is 3.99. The minimum absolute atomic E-state index is 0.175. The van der Waals surface area contributed by atoms with Crippen LogP contribution in [0.3, 0.4) is 0 Å². The van der Waals surface area contributed by atoms with Crippen LogP contribution in [0, 0.1) is 20.8 Å². The fourth-order valence-corrected chi connectivity index (χ4v) is 3.73. The Morgan fingerprint density at radius 2 is 2.12 bits per heavy atom. The Balaban J connectivity index is 2.02. The molecule has 1 amide bonds. The number of amides is 1. The Labute approximate surface area is 151 Å². The van der Waals surface area contributed by atoms with E-state index in [2.05, 4.69) is 10.3 Å². The van der Waals surface area contributed by atoms with Crippen molar-refractivity contribution < 1.29 is 13.9 Å². The Bertz CT molecular complexity index is 909. The van der Waals surface area contributed by atoms with Crippen molar-refractivity contribution in [2.24, 2.45) is 4.99 Å². The van der Waals surface area contributed by atoms with Crippen molar-refractivity contribution in [2.45, 2.75) is 27.7 Å². The molecule has 6 heteroatoms. The lowest BCUT2D eigenvalue weighted by atomic mass is 9.98. The summed E-state index contributed by atoms with van der Waals surface area (Å²) in [6.07, 6.45) is 1.59. The number of thioether (sulfide) groups is 1. The lowest BCUT2D eigenvalue weighted by Gasteiger charge is -2.13. The number of carbonyl (C=O) groups excluding carboxylic acids is 1. The minimum atomic E-state index is -0.175. The largest absolute Gasteiger partial charge is 0.496 e. The van der Waals surface area contributed by atoms with E-state index in [1.807, 2.05) is 33.8 Å². The van der Waals surface area contributed by atoms with Crippen LogP contribution >= 0.6 is 11.8 Å². The third-order valence-corrected chi connectivity index (χ3v) is 5.33. The van der Waals surface area contributed by atoms with Gasteiger partial charge >= 0.3 is 0 Å². The molecule has 0 atom stereocenters. The number of ether oxygens (including phenoxy) is 1. The number of furan rings is 1. The average Bonchev–Trinajstić information content (AvgIpc) is 3.17. The molecule has 0 bridgehead atoms. The van der Waals surface area contributed by atoms with Gasteiger partial charge in [-0.1, -0.05) is 11.8 Å². The molecule has 1 aliphatic heterocycles. The quantitative estimate of drug-likeness (QED) is 0.843. The summed E-state index contributed by atoms with van der Waals surface area (Å²) in [6.45, 7) is 8.64. The maximum atomic E-state index is 12.3. The number of allylic oxidation sites excluding steroid dienone is 1. The first kappa shape index (κ1) is 17.6. The molecule has 0 radical (unpaired) electrons. The molecule has 132 valence electrons. The monoisotopic (exact) mass is 358 g/mol. The first-order valence-electron chi connectivity index (χ1n) is 8.16. The molecule has 0 unspecified atom stereocenters. The van der Waals surface area contributed by atoms with Gasteiger partial charge in [0.15, 0.2) is 5.17 Å². The van der Waals surface area contributed by atoms with Gasteiger partial charge < -0.3 is 14.5 Å². The molecule has 0 fully saturated rings. The van der Waals surface area contributed by atoms with Gasteiger partial charge in [-0.15, -0.1) is 0 Å². The SMILES string of the molecule is COc1c(/C(C)=C/C(=O)NC2=NCCS2)cc2c(C)c(C)oc2c1C. The Morgan fingerprint density at radius 1 is 1.36 bits per heavy atom. The number of nitrogens with zero attached hydrogens (tertiary/aromatic N) is 1. The van der Waals surface area contributed by atoms with Crippen LogP contribution in [0.5, 0.6) is 5.75 Å². The van der Waals surface area contributed by atoms with Gasteiger partial charge in [0.2, 0.25) is 5.91 Å². The summed E-state index contributed by atoms with van der Waals surface area (Å²) in [4.78, 5) is 16.5. The van der Waals surface area contributed by atoms with Crippen LogP contribution in [-0.4, -0.2) is 30.5 Å². The summed E-state index contributed by atoms with van der Waals surface area (Å²) in [7, 11) is 1.64. The number of hydrogen-bond acceptors (Lipinski definition) is 5. The van der Waals surface area contributed by atoms with Gasteiger partial charge in [0.05, 0.1) is 13.7 Å². The lowest BCUT2D eigenvalue weighted by molar-refractivity contribution is -0.115. The Morgan fingerprint density at radius 3 is 2.76 bits per heavy atom. The third kappa shape index (κ3) is 3.31. The first-order valence-corrected chi connectivity index (χ1v) is 9.15. The molecule has 0 saturated heterocycles. The fraction of sp³-hybridized carbons (Fsp3) is 0.368. The zero-order valence-corrected chi connectivity index (χ0v) is 16.0. The van der Waals surface area contributed by atoms with Crippen LogP contribution in [-0.2, 0) is 4.79 Å². The van der Waals surface area contributed by atoms with E-state index in [4.69, 9.17) is 9.15 Å². The summed E-state index contributed by atoms with van der Waals surface area (Å²) in [5.41, 5.74) is 4.62. The van der Waals surface area contributed by atoms with Crippen molar-refractivity contribution in [3.8, 4) is 5.75 Å². The van der Waals surface area contributed by atoms with E-state index in [1.165, 1.54) is 0 Å². The molecule has 2 aromatic rings. The number of benzene rings is 1. The molecule has 0 saturated carbocycles. The summed E-state index contributed by atoms with van der Waals surface area (Å²) >= 11 is 1.56. The van der Waals surface area contributed by atoms with Gasteiger partial charge in [-0.2, -0.15) is 0 Å². The van der Waals surface area contributed by atoms with Crippen molar-refractivity contribution in [1.82, 2.24) is 5.32 Å². The van der Waals surface area contributed by atoms with Crippen LogP contribution in [0.25, 0.3) is 16.5 Å². The van der Waals surface area contributed by atoms with E-state index in [9.17, 15) is 4.79 Å². The Kier molecular flexibility index (Phi) is 4.90. The molecule has 1 aromatic carbocycles. The zero-order valence-electron chi connectivity index (χ0n) is 15.1. The first-order chi connectivity index (χ1) is 11.9. The minimum Gasteiger partial charge on any atom is -0.496 e. The highest BCUT2D eigenvalue weighted by Crippen LogP contribution is 2.38. The van der Waals surface area contributed by atoms with Gasteiger partial charge in [-0.05, 0) is 44.9 Å². The number of aryl methyl sites for hydroxylation is 3. The maximum Gasteiger partial charge on any atom is 0.250 e. The number of fused-ring (bicyclic) bond motifs is 1. The van der Waals surface area contributed by atoms with E-state index in [0.717, 1.165) is 57.0 Å². The van der Waals surface area contributed by atoms with Crippen molar-refractivity contribution in [2.75, 3.05) is 19.4 Å². The summed E-state index contributed by atoms with van der Waals surface area (Å²) in [5, 5.41) is 4.56. The standard InChI is InChI=1S/C19H22N2O3S/c1-10(8-16(22)21-19-20-6-7-25-19)14-9-15-11(2)13(4)24-18(15)12(3)17(14)23-5/h8-9H,6-7H2,1-5H3,(H,20,21,22)/b10-8+. The van der Waals surface area contributed by atoms with Crippen molar-refractivity contribution in [3.05, 3.63) is 34.6 Å². The van der Waals surface area contributed by atoms with E-state index in [0.29, 0.717) is 5.17 Å². The highest BCUT2D eigenvalue weighted by Gasteiger charge is 2.18. The molecule has 1 aromatic heterocycles. The van der Waals surface area contributed by atoms with Crippen LogP contribution in [0.4, 0.5) is 0 Å². The summed E-state index contributed by atoms with van der Waals surface area (Å²) in [6, 6.07) is 2.04. The van der Waals surface area contributed by atoms with Gasteiger partial charge in [-0.3, -0.25) is 9.79 Å². The van der Waals surface area contributed by atoms with Crippen molar-refractivity contribution in [1.29, 1.82) is 0 Å². The van der Waals surface area contributed by atoms with Crippen LogP contribution in [0.1, 0.15) is 29.4 Å². The highest BCUT2D eigenvalue weighted by molar-refractivity contribution is 8.14. The van der Waals surface area contributed by atoms with Crippen LogP contribution < -0.4 is 10.1 Å². The van der Waals surface area contributed by atoms with Gasteiger partial charge in [-0.25, -0.2) is 0 Å². The number of nitrogens with one attached hydrogen (secondary N) is 1. The molecule has 1 N–H and O–H groups in total. The fourth-order valence-electron chi connectivity index (χ4n) is 2.99. The zero-order chi connectivity index (χ0) is 18.1. The van der Waals surface area contributed by atoms with Gasteiger partial charge in [0.25, 0.3) is 0 Å². The molecule has 3 rings (SSSR count). The molecular weight excluding hydrogens is 336 g/mol. The van der Waals surface area contributed by atoms with Crippen LogP contribution in [0.2, 0.25) is 0 Å². The number of methoxy groups -OCH3 is 1. The maximum absolute atomic E-state index is 12.3. The molecule has 25 heavy (non-hydrogen) atoms. The number of amidine groups is 1. The second-order valence-electron chi connectivity index (χ2n) is 6.09. The predicted molar refractivity (Wildman–Crippen MR) is 104 cm³/mol. The normalized spacial score (nSPS) is 14.8. The van der Waals surface area contributed by atoms with Crippen LogP contribution in [0.15, 0.2) is 21.6 Å². The number of carbonyl (C=O) groups is 1. The molecule has 0 aliphatic carbocycles. The molecular formula is C19H22N2O3S. The van der Waals surface area contributed by atoms with Crippen molar-refractivity contribution >= 4 is 39.4 Å². The van der Waals surface area contributed by atoms with E-state index in [-0.39, 0.29) is 5.91 Å². The second kappa shape index (κ2) is 6.96. The topological polar surface area (TPSA) is 63.8 Å². The van der Waals surface area contributed by atoms with E-state index >= 15 is 0 Å². The number of rotatable bonds is 3. The summed E-state index contributed by atoms with van der Waals surface area (Å²) in [5.74, 6) is 2.37. The van der Waals surface area contributed by atoms with Gasteiger partial charge in [0, 0.05) is 28.3 Å². The molecule has 5 nitrogen and oxygen atoms in total. The van der Waals surface area contributed by atoms with E-state index < -0.39 is 0 Å². The number of aliphatic imine (C=N–C) groups is 1. The lowest BCUT2D eigenvalue weighted by Crippen LogP contribution is -2.25.